The summed E-state index contributed by atoms with van der Waals surface area (Å²) in [5, 5.41) is 3.18. The smallest absolute Gasteiger partial charge is 0.241 e. The third-order valence-corrected chi connectivity index (χ3v) is 5.84. The van der Waals surface area contributed by atoms with E-state index in [2.05, 4.69) is 10.2 Å². The summed E-state index contributed by atoms with van der Waals surface area (Å²) in [7, 11) is 0. The molecule has 1 aliphatic heterocycles. The van der Waals surface area contributed by atoms with Gasteiger partial charge in [-0.15, -0.1) is 0 Å². The fraction of sp³-hybridized carbons (Fsp3) is 0.650. The lowest BCUT2D eigenvalue weighted by Crippen LogP contribution is -2.58. The van der Waals surface area contributed by atoms with Crippen LogP contribution in [0.4, 0.5) is 0 Å². The van der Waals surface area contributed by atoms with Crippen molar-refractivity contribution in [2.24, 2.45) is 5.73 Å². The summed E-state index contributed by atoms with van der Waals surface area (Å²) in [4.78, 5) is 15.2. The molecule has 0 aromatic heterocycles. The number of amides is 1. The Morgan fingerprint density at radius 3 is 2.33 bits per heavy atom. The molecule has 4 nitrogen and oxygen atoms in total. The van der Waals surface area contributed by atoms with Gasteiger partial charge in [0.05, 0.1) is 0 Å². The Morgan fingerprint density at radius 2 is 1.67 bits per heavy atom. The van der Waals surface area contributed by atoms with E-state index in [1.807, 2.05) is 30.3 Å². The van der Waals surface area contributed by atoms with Gasteiger partial charge < -0.3 is 11.1 Å². The van der Waals surface area contributed by atoms with E-state index in [1.54, 1.807) is 0 Å². The lowest BCUT2D eigenvalue weighted by Gasteiger charge is -2.48. The summed E-state index contributed by atoms with van der Waals surface area (Å²) < 4.78 is 0. The summed E-state index contributed by atoms with van der Waals surface area (Å²) in [6.45, 7) is 3.10. The number of hydrogen-bond donors (Lipinski definition) is 2. The van der Waals surface area contributed by atoms with Gasteiger partial charge >= 0.3 is 0 Å². The number of likely N-dealkylation sites (tertiary alicyclic amines) is 1. The van der Waals surface area contributed by atoms with Crippen molar-refractivity contribution in [2.75, 3.05) is 19.6 Å². The van der Waals surface area contributed by atoms with Crippen LogP contribution >= 0.6 is 0 Å². The molecule has 4 heteroatoms. The maximum atomic E-state index is 12.6. The number of nitrogens with two attached hydrogens (primary N) is 1. The third-order valence-electron chi connectivity index (χ3n) is 5.84. The maximum absolute atomic E-state index is 12.6. The Hall–Kier alpha value is -1.39. The van der Waals surface area contributed by atoms with Gasteiger partial charge in [0.1, 0.15) is 6.04 Å². The second-order valence-corrected chi connectivity index (χ2v) is 7.44. The van der Waals surface area contributed by atoms with E-state index >= 15 is 0 Å². The zero-order valence-corrected chi connectivity index (χ0v) is 14.7. The van der Waals surface area contributed by atoms with E-state index in [1.165, 1.54) is 64.5 Å². The average Bonchev–Trinajstić information content (AvgIpc) is 2.67. The summed E-state index contributed by atoms with van der Waals surface area (Å²) in [5.74, 6) is -0.0526. The van der Waals surface area contributed by atoms with Crippen LogP contribution in [0.3, 0.4) is 0 Å². The van der Waals surface area contributed by atoms with Crippen molar-refractivity contribution in [3.8, 4) is 0 Å². The SMILES string of the molecule is NC(C(=O)NCC1(N2CCCCC2)CCCCC1)c1ccccc1. The maximum Gasteiger partial charge on any atom is 0.241 e. The minimum Gasteiger partial charge on any atom is -0.353 e. The number of carbonyl (C=O) groups is 1. The highest BCUT2D eigenvalue weighted by molar-refractivity contribution is 5.83. The molecule has 0 spiro atoms. The number of carbonyl (C=O) groups excluding carboxylic acids is 1. The van der Waals surface area contributed by atoms with E-state index in [9.17, 15) is 4.79 Å². The van der Waals surface area contributed by atoms with E-state index in [0.717, 1.165) is 12.1 Å². The number of nitrogens with zero attached hydrogens (tertiary/aromatic N) is 1. The highest BCUT2D eigenvalue weighted by atomic mass is 16.2. The number of piperidine rings is 1. The summed E-state index contributed by atoms with van der Waals surface area (Å²) in [6, 6.07) is 9.07. The number of hydrogen-bond acceptors (Lipinski definition) is 3. The van der Waals surface area contributed by atoms with Crippen LogP contribution in [0.5, 0.6) is 0 Å². The lowest BCUT2D eigenvalue weighted by molar-refractivity contribution is -0.123. The van der Waals surface area contributed by atoms with Crippen LogP contribution < -0.4 is 11.1 Å². The summed E-state index contributed by atoms with van der Waals surface area (Å²) >= 11 is 0. The van der Waals surface area contributed by atoms with Crippen molar-refractivity contribution in [1.29, 1.82) is 0 Å². The predicted octanol–water partition coefficient (Wildman–Crippen LogP) is 2.99. The summed E-state index contributed by atoms with van der Waals surface area (Å²) in [6.07, 6.45) is 10.2. The van der Waals surface area contributed by atoms with Crippen molar-refractivity contribution >= 4 is 5.91 Å². The van der Waals surface area contributed by atoms with Gasteiger partial charge in [-0.2, -0.15) is 0 Å². The Balaban J connectivity index is 1.63. The Morgan fingerprint density at radius 1 is 1.04 bits per heavy atom. The van der Waals surface area contributed by atoms with Crippen LogP contribution in [-0.4, -0.2) is 36.0 Å². The molecular formula is C20H31N3O. The lowest BCUT2D eigenvalue weighted by atomic mass is 9.79. The molecule has 1 unspecified atom stereocenters. The van der Waals surface area contributed by atoms with Gasteiger partial charge in [-0.1, -0.05) is 56.0 Å². The molecule has 1 aromatic rings. The fourth-order valence-electron chi connectivity index (χ4n) is 4.36. The number of rotatable bonds is 5. The topological polar surface area (TPSA) is 58.4 Å². The number of benzene rings is 1. The highest BCUT2D eigenvalue weighted by Gasteiger charge is 2.38. The van der Waals surface area contributed by atoms with E-state index in [0.29, 0.717) is 0 Å². The predicted molar refractivity (Wildman–Crippen MR) is 97.6 cm³/mol. The Bertz CT molecular complexity index is 519. The van der Waals surface area contributed by atoms with Crippen LogP contribution in [0.25, 0.3) is 0 Å². The molecule has 132 valence electrons. The van der Waals surface area contributed by atoms with Crippen LogP contribution in [0, 0.1) is 0 Å². The zero-order valence-electron chi connectivity index (χ0n) is 14.7. The molecule has 2 fully saturated rings. The van der Waals surface area contributed by atoms with Crippen molar-refractivity contribution < 1.29 is 4.79 Å². The first kappa shape index (κ1) is 17.4. The largest absolute Gasteiger partial charge is 0.353 e. The van der Waals surface area contributed by atoms with Gasteiger partial charge in [-0.05, 0) is 44.3 Å². The zero-order chi connectivity index (χ0) is 16.8. The van der Waals surface area contributed by atoms with Gasteiger partial charge in [0, 0.05) is 12.1 Å². The fourth-order valence-corrected chi connectivity index (χ4v) is 4.36. The molecule has 24 heavy (non-hydrogen) atoms. The van der Waals surface area contributed by atoms with Gasteiger partial charge in [-0.3, -0.25) is 9.69 Å². The Labute approximate surface area is 145 Å². The normalized spacial score (nSPS) is 22.7. The van der Waals surface area contributed by atoms with Gasteiger partial charge in [0.2, 0.25) is 5.91 Å². The van der Waals surface area contributed by atoms with E-state index in [4.69, 9.17) is 5.73 Å². The summed E-state index contributed by atoms with van der Waals surface area (Å²) in [5.41, 5.74) is 7.19. The molecule has 0 bridgehead atoms. The number of nitrogens with one attached hydrogen (secondary N) is 1. The molecule has 1 saturated carbocycles. The van der Waals surface area contributed by atoms with Crippen LogP contribution in [0.2, 0.25) is 0 Å². The first-order valence-corrected chi connectivity index (χ1v) is 9.55. The van der Waals surface area contributed by atoms with Gasteiger partial charge in [-0.25, -0.2) is 0 Å². The molecule has 1 saturated heterocycles. The van der Waals surface area contributed by atoms with Gasteiger partial charge in [0.15, 0.2) is 0 Å². The second kappa shape index (κ2) is 8.13. The molecule has 1 aromatic carbocycles. The highest BCUT2D eigenvalue weighted by Crippen LogP contribution is 2.35. The average molecular weight is 329 g/mol. The monoisotopic (exact) mass is 329 g/mol. The quantitative estimate of drug-likeness (QED) is 0.873. The molecule has 2 aliphatic rings. The minimum absolute atomic E-state index is 0.0526. The van der Waals surface area contributed by atoms with Crippen LogP contribution in [0.15, 0.2) is 30.3 Å². The van der Waals surface area contributed by atoms with E-state index in [-0.39, 0.29) is 11.4 Å². The standard InChI is InChI=1S/C20H31N3O/c21-18(17-10-4-1-5-11-17)19(24)22-16-20(12-6-2-7-13-20)23-14-8-3-9-15-23/h1,4-5,10-11,18H,2-3,6-9,12-16,21H2,(H,22,24). The first-order valence-electron chi connectivity index (χ1n) is 9.55. The second-order valence-electron chi connectivity index (χ2n) is 7.44. The van der Waals surface area contributed by atoms with Crippen molar-refractivity contribution in [1.82, 2.24) is 10.2 Å². The van der Waals surface area contributed by atoms with Crippen molar-refractivity contribution in [3.05, 3.63) is 35.9 Å². The molecule has 1 heterocycles. The molecule has 1 aliphatic carbocycles. The Kier molecular flexibility index (Phi) is 5.90. The molecule has 3 rings (SSSR count). The molecule has 3 N–H and O–H groups in total. The van der Waals surface area contributed by atoms with Crippen LogP contribution in [-0.2, 0) is 4.79 Å². The van der Waals surface area contributed by atoms with Gasteiger partial charge in [0.25, 0.3) is 0 Å². The van der Waals surface area contributed by atoms with Crippen LogP contribution in [0.1, 0.15) is 63.0 Å². The molecule has 1 amide bonds. The first-order chi connectivity index (χ1) is 11.7. The van der Waals surface area contributed by atoms with Crippen molar-refractivity contribution in [3.63, 3.8) is 0 Å². The van der Waals surface area contributed by atoms with Crippen molar-refractivity contribution in [2.45, 2.75) is 62.9 Å². The molecular weight excluding hydrogens is 298 g/mol. The minimum atomic E-state index is -0.576. The van der Waals surface area contributed by atoms with E-state index < -0.39 is 6.04 Å². The molecule has 1 atom stereocenters. The molecule has 0 radical (unpaired) electrons. The third kappa shape index (κ3) is 3.98.